The number of aryl methyl sites for hydroxylation is 1. The van der Waals surface area contributed by atoms with Gasteiger partial charge in [0.15, 0.2) is 0 Å². The molecular weight excluding hydrogens is 146 g/mol. The summed E-state index contributed by atoms with van der Waals surface area (Å²) in [5.41, 5.74) is 2.33. The summed E-state index contributed by atoms with van der Waals surface area (Å²) in [4.78, 5) is 4.37. The van der Waals surface area contributed by atoms with E-state index < -0.39 is 0 Å². The van der Waals surface area contributed by atoms with Gasteiger partial charge in [-0.05, 0) is 25.0 Å². The highest BCUT2D eigenvalue weighted by Crippen LogP contribution is 2.16. The number of rotatable bonds is 3. The normalized spacial score (nSPS) is 10.8. The Morgan fingerprint density at radius 3 is 2.75 bits per heavy atom. The molecule has 1 aromatic carbocycles. The summed E-state index contributed by atoms with van der Waals surface area (Å²) in [5, 5.41) is 0. The maximum Gasteiger partial charge on any atom is 0.0654 e. The van der Waals surface area contributed by atoms with E-state index in [1.54, 1.807) is 0 Å². The van der Waals surface area contributed by atoms with Crippen LogP contribution < -0.4 is 0 Å². The number of unbranched alkanes of at least 4 members (excludes halogenated alkanes) is 1. The molecule has 0 bridgehead atoms. The van der Waals surface area contributed by atoms with E-state index in [0.717, 1.165) is 18.5 Å². The summed E-state index contributed by atoms with van der Waals surface area (Å²) < 4.78 is 0. The maximum absolute atomic E-state index is 4.37. The number of aliphatic imine (C=N–C) groups is 1. The van der Waals surface area contributed by atoms with Crippen molar-refractivity contribution < 1.29 is 0 Å². The van der Waals surface area contributed by atoms with Gasteiger partial charge in [0.2, 0.25) is 0 Å². The van der Waals surface area contributed by atoms with Crippen LogP contribution >= 0.6 is 0 Å². The second-order valence-corrected chi connectivity index (χ2v) is 2.89. The van der Waals surface area contributed by atoms with Gasteiger partial charge >= 0.3 is 0 Å². The zero-order valence-electron chi connectivity index (χ0n) is 7.75. The third-order valence-corrected chi connectivity index (χ3v) is 1.76. The highest BCUT2D eigenvalue weighted by molar-refractivity contribution is 5.64. The molecule has 0 saturated carbocycles. The summed E-state index contributed by atoms with van der Waals surface area (Å²) in [7, 11) is 0. The molecule has 64 valence electrons. The molecule has 0 aliphatic rings. The van der Waals surface area contributed by atoms with Crippen LogP contribution in [0, 0.1) is 6.92 Å². The second kappa shape index (κ2) is 4.70. The Morgan fingerprint density at radius 2 is 2.08 bits per heavy atom. The molecule has 0 aromatic heterocycles. The molecule has 0 spiro atoms. The van der Waals surface area contributed by atoms with Gasteiger partial charge in [0.05, 0.1) is 5.69 Å². The monoisotopic (exact) mass is 161 g/mol. The van der Waals surface area contributed by atoms with Crippen molar-refractivity contribution >= 4 is 11.9 Å². The van der Waals surface area contributed by atoms with E-state index in [9.17, 15) is 0 Å². The predicted molar refractivity (Wildman–Crippen MR) is 54.2 cm³/mol. The summed E-state index contributed by atoms with van der Waals surface area (Å²) in [6.07, 6.45) is 4.21. The summed E-state index contributed by atoms with van der Waals surface area (Å²) >= 11 is 0. The van der Waals surface area contributed by atoms with Crippen LogP contribution in [0.5, 0.6) is 0 Å². The van der Waals surface area contributed by atoms with Gasteiger partial charge in [-0.2, -0.15) is 0 Å². The van der Waals surface area contributed by atoms with Crippen molar-refractivity contribution in [3.05, 3.63) is 29.8 Å². The van der Waals surface area contributed by atoms with Crippen molar-refractivity contribution in [2.24, 2.45) is 4.99 Å². The average Bonchev–Trinajstić information content (AvgIpc) is 2.09. The van der Waals surface area contributed by atoms with Crippen LogP contribution in [0.4, 0.5) is 5.69 Å². The van der Waals surface area contributed by atoms with Crippen molar-refractivity contribution in [3.63, 3.8) is 0 Å². The number of nitrogens with zero attached hydrogens (tertiary/aromatic N) is 1. The molecule has 0 amide bonds. The highest BCUT2D eigenvalue weighted by Gasteiger charge is 1.90. The van der Waals surface area contributed by atoms with E-state index >= 15 is 0 Å². The van der Waals surface area contributed by atoms with E-state index in [4.69, 9.17) is 0 Å². The lowest BCUT2D eigenvalue weighted by Gasteiger charge is -1.96. The van der Waals surface area contributed by atoms with E-state index in [1.165, 1.54) is 5.56 Å². The Hall–Kier alpha value is -1.11. The van der Waals surface area contributed by atoms with Crippen LogP contribution in [-0.4, -0.2) is 6.21 Å². The molecule has 0 atom stereocenters. The minimum Gasteiger partial charge on any atom is -0.261 e. The van der Waals surface area contributed by atoms with E-state index in [2.05, 4.69) is 24.9 Å². The van der Waals surface area contributed by atoms with Gasteiger partial charge in [-0.25, -0.2) is 0 Å². The third-order valence-electron chi connectivity index (χ3n) is 1.76. The lowest BCUT2D eigenvalue weighted by molar-refractivity contribution is 1.01. The van der Waals surface area contributed by atoms with Crippen LogP contribution in [0.1, 0.15) is 25.3 Å². The molecule has 1 heteroatoms. The fourth-order valence-electron chi connectivity index (χ4n) is 1.00. The average molecular weight is 161 g/mol. The van der Waals surface area contributed by atoms with Crippen molar-refractivity contribution in [1.82, 2.24) is 0 Å². The zero-order chi connectivity index (χ0) is 8.81. The van der Waals surface area contributed by atoms with Crippen molar-refractivity contribution in [2.45, 2.75) is 26.7 Å². The fraction of sp³-hybridized carbons (Fsp3) is 0.364. The molecule has 12 heavy (non-hydrogen) atoms. The minimum absolute atomic E-state index is 1.06. The first kappa shape index (κ1) is 8.98. The Kier molecular flexibility index (Phi) is 3.52. The van der Waals surface area contributed by atoms with Crippen molar-refractivity contribution in [1.29, 1.82) is 0 Å². The van der Waals surface area contributed by atoms with Gasteiger partial charge in [0, 0.05) is 6.21 Å². The zero-order valence-corrected chi connectivity index (χ0v) is 7.75. The summed E-state index contributed by atoms with van der Waals surface area (Å²) in [6, 6.07) is 8.18. The standard InChI is InChI=1S/C11H15N/c1-3-4-9-12-11-8-6-5-7-10(11)2/h5-9H,3-4H2,1-2H3. The smallest absolute Gasteiger partial charge is 0.0654 e. The van der Waals surface area contributed by atoms with Gasteiger partial charge < -0.3 is 0 Å². The summed E-state index contributed by atoms with van der Waals surface area (Å²) in [5.74, 6) is 0. The predicted octanol–water partition coefficient (Wildman–Crippen LogP) is 3.50. The van der Waals surface area contributed by atoms with Gasteiger partial charge in [-0.15, -0.1) is 0 Å². The van der Waals surface area contributed by atoms with Gasteiger partial charge in [-0.3, -0.25) is 4.99 Å². The van der Waals surface area contributed by atoms with Crippen LogP contribution in [0.15, 0.2) is 29.3 Å². The number of hydrogen-bond donors (Lipinski definition) is 0. The first-order valence-corrected chi connectivity index (χ1v) is 4.42. The first-order chi connectivity index (χ1) is 5.84. The third kappa shape index (κ3) is 2.50. The van der Waals surface area contributed by atoms with Gasteiger partial charge in [-0.1, -0.05) is 31.5 Å². The lowest BCUT2D eigenvalue weighted by atomic mass is 10.2. The number of hydrogen-bond acceptors (Lipinski definition) is 1. The molecule has 0 fully saturated rings. The molecule has 0 aliphatic heterocycles. The summed E-state index contributed by atoms with van der Waals surface area (Å²) in [6.45, 7) is 4.24. The van der Waals surface area contributed by atoms with Crippen LogP contribution in [-0.2, 0) is 0 Å². The molecule has 1 rings (SSSR count). The van der Waals surface area contributed by atoms with E-state index in [1.807, 2.05) is 24.4 Å². The quantitative estimate of drug-likeness (QED) is 0.602. The van der Waals surface area contributed by atoms with Gasteiger partial charge in [0.25, 0.3) is 0 Å². The molecule has 0 N–H and O–H groups in total. The topological polar surface area (TPSA) is 12.4 Å². The second-order valence-electron chi connectivity index (χ2n) is 2.89. The molecule has 0 aliphatic carbocycles. The van der Waals surface area contributed by atoms with Crippen LogP contribution in [0.2, 0.25) is 0 Å². The minimum atomic E-state index is 1.06. The largest absolute Gasteiger partial charge is 0.261 e. The molecule has 0 radical (unpaired) electrons. The maximum atomic E-state index is 4.37. The van der Waals surface area contributed by atoms with Crippen LogP contribution in [0.25, 0.3) is 0 Å². The molecule has 1 nitrogen and oxygen atoms in total. The lowest BCUT2D eigenvalue weighted by Crippen LogP contribution is -1.75. The number of benzene rings is 1. The fourth-order valence-corrected chi connectivity index (χ4v) is 1.00. The molecule has 0 heterocycles. The molecule has 0 saturated heterocycles. The Labute approximate surface area is 74.2 Å². The molecule has 0 unspecified atom stereocenters. The van der Waals surface area contributed by atoms with E-state index in [-0.39, 0.29) is 0 Å². The van der Waals surface area contributed by atoms with Crippen molar-refractivity contribution in [3.8, 4) is 0 Å². The van der Waals surface area contributed by atoms with Crippen LogP contribution in [0.3, 0.4) is 0 Å². The Balaban J connectivity index is 2.68. The first-order valence-electron chi connectivity index (χ1n) is 4.42. The molecular formula is C11H15N. The highest BCUT2D eigenvalue weighted by atomic mass is 14.7. The van der Waals surface area contributed by atoms with Crippen molar-refractivity contribution in [2.75, 3.05) is 0 Å². The van der Waals surface area contributed by atoms with E-state index in [0.29, 0.717) is 0 Å². The van der Waals surface area contributed by atoms with Gasteiger partial charge in [0.1, 0.15) is 0 Å². The number of para-hydroxylation sites is 1. The Morgan fingerprint density at radius 1 is 1.33 bits per heavy atom. The SMILES string of the molecule is CCCC=Nc1ccccc1C. The molecule has 1 aromatic rings. The Bertz CT molecular complexity index is 263.